The number of hydrogen-bond acceptors (Lipinski definition) is 8. The maximum atomic E-state index is 11.6. The van der Waals surface area contributed by atoms with Gasteiger partial charge in [0.25, 0.3) is 5.91 Å². The second-order valence-electron chi connectivity index (χ2n) is 3.90. The number of phenols is 1. The Labute approximate surface area is 117 Å². The van der Waals surface area contributed by atoms with Crippen LogP contribution in [0.1, 0.15) is 21.7 Å². The Kier molecular flexibility index (Phi) is 3.88. The van der Waals surface area contributed by atoms with Gasteiger partial charge >= 0.3 is 5.69 Å². The zero-order chi connectivity index (χ0) is 15.4. The molecule has 0 aliphatic heterocycles. The number of hydrogen-bond donors (Lipinski definition) is 2. The first-order chi connectivity index (χ1) is 9.99. The molecular weight excluding hydrogens is 282 g/mol. The lowest BCUT2D eigenvalue weighted by molar-refractivity contribution is -0.385. The smallest absolute Gasteiger partial charge is 0.311 e. The van der Waals surface area contributed by atoms with E-state index in [9.17, 15) is 20.0 Å². The van der Waals surface area contributed by atoms with Crippen molar-refractivity contribution in [3.05, 3.63) is 45.3 Å². The van der Waals surface area contributed by atoms with E-state index in [0.717, 1.165) is 12.1 Å². The lowest BCUT2D eigenvalue weighted by Crippen LogP contribution is -2.19. The number of aromatic hydroxyl groups is 1. The van der Waals surface area contributed by atoms with Gasteiger partial charge in [-0.3, -0.25) is 14.9 Å². The van der Waals surface area contributed by atoms with Gasteiger partial charge in [0.1, 0.15) is 5.69 Å². The number of nitrogens with one attached hydrogen (secondary N) is 1. The molecule has 2 aromatic rings. The monoisotopic (exact) mass is 291 g/mol. The number of nitro groups is 1. The van der Waals surface area contributed by atoms with Crippen molar-refractivity contribution in [2.75, 3.05) is 0 Å². The molecule has 0 fully saturated rings. The Morgan fingerprint density at radius 1 is 1.52 bits per heavy atom. The van der Waals surface area contributed by atoms with E-state index < -0.39 is 22.3 Å². The molecular formula is C11H9N5O5. The molecule has 0 saturated carbocycles. The van der Waals surface area contributed by atoms with Gasteiger partial charge in [0.05, 0.1) is 11.1 Å². The Bertz CT molecular complexity index is 724. The standard InChI is InChI=1S/C11H9N5O5/c1-6-10(15-21-14-6)11(18)13-12-5-7-2-3-9(17)8(4-7)16(19)20/h2-5,17H,1H3,(H,13,18). The number of carbonyl (C=O) groups excluding carboxylic acids is 1. The van der Waals surface area contributed by atoms with Crippen LogP contribution in [0, 0.1) is 17.0 Å². The Hall–Kier alpha value is -3.30. The van der Waals surface area contributed by atoms with E-state index in [1.807, 2.05) is 0 Å². The van der Waals surface area contributed by atoms with Gasteiger partial charge in [-0.2, -0.15) is 5.10 Å². The lowest BCUT2D eigenvalue weighted by Gasteiger charge is -1.98. The average molecular weight is 291 g/mol. The summed E-state index contributed by atoms with van der Waals surface area (Å²) in [5.41, 5.74) is 2.34. The summed E-state index contributed by atoms with van der Waals surface area (Å²) >= 11 is 0. The highest BCUT2D eigenvalue weighted by Crippen LogP contribution is 2.25. The summed E-state index contributed by atoms with van der Waals surface area (Å²) in [5, 5.41) is 30.4. The van der Waals surface area contributed by atoms with Gasteiger partial charge in [0.15, 0.2) is 11.4 Å². The molecule has 1 amide bonds. The van der Waals surface area contributed by atoms with Crippen LogP contribution in [-0.2, 0) is 0 Å². The SMILES string of the molecule is Cc1nonc1C(=O)NN=Cc1ccc(O)c([N+](=O)[O-])c1. The molecule has 108 valence electrons. The highest BCUT2D eigenvalue weighted by atomic mass is 16.6. The Morgan fingerprint density at radius 2 is 2.29 bits per heavy atom. The molecule has 21 heavy (non-hydrogen) atoms. The van der Waals surface area contributed by atoms with Crippen LogP contribution in [0.25, 0.3) is 0 Å². The molecule has 0 atom stereocenters. The summed E-state index contributed by atoms with van der Waals surface area (Å²) in [6.07, 6.45) is 1.19. The number of nitro benzene ring substituents is 1. The maximum absolute atomic E-state index is 11.6. The quantitative estimate of drug-likeness (QED) is 0.480. The van der Waals surface area contributed by atoms with Crippen molar-refractivity contribution in [2.45, 2.75) is 6.92 Å². The number of benzene rings is 1. The molecule has 2 N–H and O–H groups in total. The van der Waals surface area contributed by atoms with E-state index in [2.05, 4.69) is 25.5 Å². The average Bonchev–Trinajstić information content (AvgIpc) is 2.86. The van der Waals surface area contributed by atoms with Crippen LogP contribution in [0.5, 0.6) is 5.75 Å². The first kappa shape index (κ1) is 14.1. The highest BCUT2D eigenvalue weighted by molar-refractivity contribution is 5.93. The first-order valence-electron chi connectivity index (χ1n) is 5.59. The van der Waals surface area contributed by atoms with Crippen LogP contribution in [0.4, 0.5) is 5.69 Å². The van der Waals surface area contributed by atoms with Gasteiger partial charge in [-0.15, -0.1) is 0 Å². The number of carbonyl (C=O) groups is 1. The summed E-state index contributed by atoms with van der Waals surface area (Å²) in [6, 6.07) is 3.68. The second-order valence-corrected chi connectivity index (χ2v) is 3.90. The maximum Gasteiger partial charge on any atom is 0.311 e. The minimum Gasteiger partial charge on any atom is -0.502 e. The Balaban J connectivity index is 2.08. The van der Waals surface area contributed by atoms with Gasteiger partial charge in [0, 0.05) is 11.6 Å². The summed E-state index contributed by atoms with van der Waals surface area (Å²) in [6.45, 7) is 1.54. The number of hydrazone groups is 1. The minimum atomic E-state index is -0.727. The number of nitrogens with zero attached hydrogens (tertiary/aromatic N) is 4. The van der Waals surface area contributed by atoms with Gasteiger partial charge in [-0.25, -0.2) is 10.1 Å². The summed E-state index contributed by atoms with van der Waals surface area (Å²) in [5.74, 6) is -1.08. The normalized spacial score (nSPS) is 10.7. The molecule has 0 aliphatic rings. The van der Waals surface area contributed by atoms with Crippen LogP contribution in [-0.4, -0.2) is 32.5 Å². The summed E-state index contributed by atoms with van der Waals surface area (Å²) < 4.78 is 4.37. The fourth-order valence-electron chi connectivity index (χ4n) is 1.42. The van der Waals surface area contributed by atoms with Crippen LogP contribution in [0.3, 0.4) is 0 Å². The van der Waals surface area contributed by atoms with Crippen molar-refractivity contribution in [1.29, 1.82) is 0 Å². The van der Waals surface area contributed by atoms with E-state index in [0.29, 0.717) is 11.3 Å². The van der Waals surface area contributed by atoms with E-state index in [1.165, 1.54) is 12.3 Å². The zero-order valence-corrected chi connectivity index (χ0v) is 10.7. The van der Waals surface area contributed by atoms with Gasteiger partial charge in [-0.1, -0.05) is 5.16 Å². The van der Waals surface area contributed by atoms with Crippen LogP contribution in [0.2, 0.25) is 0 Å². The van der Waals surface area contributed by atoms with Crippen molar-refractivity contribution in [2.24, 2.45) is 5.10 Å². The number of amides is 1. The summed E-state index contributed by atoms with van der Waals surface area (Å²) in [4.78, 5) is 21.5. The molecule has 0 radical (unpaired) electrons. The molecule has 0 saturated heterocycles. The molecule has 2 rings (SSSR count). The largest absolute Gasteiger partial charge is 0.502 e. The van der Waals surface area contributed by atoms with Crippen molar-refractivity contribution in [3.8, 4) is 5.75 Å². The molecule has 0 spiro atoms. The van der Waals surface area contributed by atoms with E-state index >= 15 is 0 Å². The molecule has 10 heteroatoms. The Morgan fingerprint density at radius 3 is 2.90 bits per heavy atom. The number of rotatable bonds is 4. The van der Waals surface area contributed by atoms with Crippen molar-refractivity contribution >= 4 is 17.8 Å². The highest BCUT2D eigenvalue weighted by Gasteiger charge is 2.14. The molecule has 10 nitrogen and oxygen atoms in total. The van der Waals surface area contributed by atoms with Crippen LogP contribution >= 0.6 is 0 Å². The number of phenolic OH excluding ortho intramolecular Hbond substituents is 1. The van der Waals surface area contributed by atoms with E-state index in [-0.39, 0.29) is 5.69 Å². The summed E-state index contributed by atoms with van der Waals surface area (Å²) in [7, 11) is 0. The number of aryl methyl sites for hydroxylation is 1. The lowest BCUT2D eigenvalue weighted by atomic mass is 10.2. The fourth-order valence-corrected chi connectivity index (χ4v) is 1.42. The van der Waals surface area contributed by atoms with Crippen molar-refractivity contribution in [1.82, 2.24) is 15.7 Å². The van der Waals surface area contributed by atoms with E-state index in [1.54, 1.807) is 6.92 Å². The predicted molar refractivity (Wildman–Crippen MR) is 68.9 cm³/mol. The predicted octanol–water partition coefficient (Wildman–Crippen LogP) is 0.756. The third-order valence-corrected chi connectivity index (χ3v) is 2.44. The fraction of sp³-hybridized carbons (Fsp3) is 0.0909. The van der Waals surface area contributed by atoms with Gasteiger partial charge < -0.3 is 5.11 Å². The molecule has 1 heterocycles. The van der Waals surface area contributed by atoms with Crippen LogP contribution < -0.4 is 5.43 Å². The molecule has 0 aliphatic carbocycles. The van der Waals surface area contributed by atoms with Crippen molar-refractivity contribution < 1.29 is 19.5 Å². The third kappa shape index (κ3) is 3.18. The van der Waals surface area contributed by atoms with Gasteiger partial charge in [-0.05, 0) is 24.2 Å². The molecule has 0 unspecified atom stereocenters. The second kappa shape index (κ2) is 5.77. The molecule has 0 bridgehead atoms. The number of aromatic nitrogens is 2. The van der Waals surface area contributed by atoms with Crippen LogP contribution in [0.15, 0.2) is 27.9 Å². The topological polar surface area (TPSA) is 144 Å². The zero-order valence-electron chi connectivity index (χ0n) is 10.7. The first-order valence-corrected chi connectivity index (χ1v) is 5.59. The van der Waals surface area contributed by atoms with Gasteiger partial charge in [0.2, 0.25) is 0 Å². The van der Waals surface area contributed by atoms with Crippen molar-refractivity contribution in [3.63, 3.8) is 0 Å². The minimum absolute atomic E-state index is 0.0103. The van der Waals surface area contributed by atoms with E-state index in [4.69, 9.17) is 0 Å². The third-order valence-electron chi connectivity index (χ3n) is 2.44. The molecule has 1 aromatic carbocycles. The molecule has 1 aromatic heterocycles.